The van der Waals surface area contributed by atoms with Gasteiger partial charge in [0.1, 0.15) is 0 Å². The maximum atomic E-state index is 11.9. The molecule has 0 aromatic heterocycles. The van der Waals surface area contributed by atoms with E-state index in [2.05, 4.69) is 0 Å². The topological polar surface area (TPSA) is 46.3 Å². The molecule has 0 heterocycles. The first-order chi connectivity index (χ1) is 7.56. The van der Waals surface area contributed by atoms with Crippen LogP contribution in [0.4, 0.5) is 0 Å². The van der Waals surface area contributed by atoms with Gasteiger partial charge in [0.2, 0.25) is 5.91 Å². The molecule has 88 valence electrons. The Kier molecular flexibility index (Phi) is 4.77. The Labute approximate surface area is 101 Å². The van der Waals surface area contributed by atoms with Gasteiger partial charge in [-0.2, -0.15) is 0 Å². The number of benzene rings is 1. The van der Waals surface area contributed by atoms with Gasteiger partial charge in [-0.15, -0.1) is 0 Å². The van der Waals surface area contributed by atoms with E-state index in [0.29, 0.717) is 18.0 Å². The van der Waals surface area contributed by atoms with E-state index in [1.807, 2.05) is 25.1 Å². The number of likely N-dealkylation sites (N-methyl/N-ethyl adjacent to an activating group) is 1. The smallest absolute Gasteiger partial charge is 0.227 e. The van der Waals surface area contributed by atoms with Gasteiger partial charge in [0.15, 0.2) is 0 Å². The summed E-state index contributed by atoms with van der Waals surface area (Å²) >= 11 is 5.99. The van der Waals surface area contributed by atoms with Crippen molar-refractivity contribution in [2.24, 2.45) is 5.73 Å². The number of amides is 1. The summed E-state index contributed by atoms with van der Waals surface area (Å²) in [6.45, 7) is 2.38. The van der Waals surface area contributed by atoms with Crippen molar-refractivity contribution in [2.45, 2.75) is 19.4 Å². The molecule has 0 spiro atoms. The number of hydrogen-bond acceptors (Lipinski definition) is 2. The zero-order valence-corrected chi connectivity index (χ0v) is 10.4. The summed E-state index contributed by atoms with van der Waals surface area (Å²) in [5, 5.41) is 0.629. The molecular weight excluding hydrogens is 224 g/mol. The van der Waals surface area contributed by atoms with E-state index in [4.69, 9.17) is 17.3 Å². The van der Waals surface area contributed by atoms with Crippen LogP contribution in [0.15, 0.2) is 24.3 Å². The van der Waals surface area contributed by atoms with Gasteiger partial charge in [0.25, 0.3) is 0 Å². The normalized spacial score (nSPS) is 12.2. The van der Waals surface area contributed by atoms with E-state index >= 15 is 0 Å². The third-order valence-electron chi connectivity index (χ3n) is 2.70. The van der Waals surface area contributed by atoms with Crippen molar-refractivity contribution in [2.75, 3.05) is 13.6 Å². The van der Waals surface area contributed by atoms with Gasteiger partial charge >= 0.3 is 0 Å². The summed E-state index contributed by atoms with van der Waals surface area (Å²) in [6.07, 6.45) is 0.320. The Bertz CT molecular complexity index is 368. The van der Waals surface area contributed by atoms with Crippen LogP contribution in [0.5, 0.6) is 0 Å². The Morgan fingerprint density at radius 1 is 1.50 bits per heavy atom. The molecule has 0 fully saturated rings. The number of hydrogen-bond donors (Lipinski definition) is 1. The molecule has 1 amide bonds. The summed E-state index contributed by atoms with van der Waals surface area (Å²) in [6, 6.07) is 7.43. The molecule has 3 nitrogen and oxygen atoms in total. The molecule has 0 saturated heterocycles. The number of nitrogens with two attached hydrogens (primary N) is 1. The lowest BCUT2D eigenvalue weighted by atomic mass is 10.1. The highest BCUT2D eigenvalue weighted by atomic mass is 35.5. The fourth-order valence-electron chi connectivity index (χ4n) is 1.33. The molecule has 0 radical (unpaired) electrons. The first-order valence-electron chi connectivity index (χ1n) is 5.25. The molecule has 4 heteroatoms. The average Bonchev–Trinajstić information content (AvgIpc) is 2.30. The number of carbonyl (C=O) groups excluding carboxylic acids is 1. The van der Waals surface area contributed by atoms with Crippen molar-refractivity contribution in [3.05, 3.63) is 34.9 Å². The van der Waals surface area contributed by atoms with Crippen molar-refractivity contribution in [1.29, 1.82) is 0 Å². The third-order valence-corrected chi connectivity index (χ3v) is 3.06. The van der Waals surface area contributed by atoms with E-state index < -0.39 is 0 Å². The van der Waals surface area contributed by atoms with E-state index in [1.165, 1.54) is 0 Å². The molecule has 0 aliphatic heterocycles. The minimum Gasteiger partial charge on any atom is -0.341 e. The third kappa shape index (κ3) is 3.22. The minimum absolute atomic E-state index is 0.0334. The first kappa shape index (κ1) is 13.0. The minimum atomic E-state index is 0.0334. The molecule has 1 rings (SSSR count). The lowest BCUT2D eigenvalue weighted by Crippen LogP contribution is -2.40. The van der Waals surface area contributed by atoms with Gasteiger partial charge in [-0.05, 0) is 18.6 Å². The maximum Gasteiger partial charge on any atom is 0.227 e. The Balaban J connectivity index is 2.68. The fraction of sp³-hybridized carbons (Fsp3) is 0.417. The maximum absolute atomic E-state index is 11.9. The van der Waals surface area contributed by atoms with Crippen molar-refractivity contribution >= 4 is 17.5 Å². The molecule has 16 heavy (non-hydrogen) atoms. The number of rotatable bonds is 4. The predicted molar refractivity (Wildman–Crippen MR) is 66.4 cm³/mol. The second kappa shape index (κ2) is 5.87. The highest BCUT2D eigenvalue weighted by molar-refractivity contribution is 6.31. The molecule has 1 aromatic carbocycles. The summed E-state index contributed by atoms with van der Waals surface area (Å²) in [5.41, 5.74) is 6.37. The summed E-state index contributed by atoms with van der Waals surface area (Å²) in [5.74, 6) is 0.0334. The molecule has 0 saturated carbocycles. The van der Waals surface area contributed by atoms with Gasteiger partial charge in [0.05, 0.1) is 6.42 Å². The number of carbonyl (C=O) groups is 1. The zero-order chi connectivity index (χ0) is 12.1. The number of nitrogens with zero attached hydrogens (tertiary/aromatic N) is 1. The second-order valence-electron chi connectivity index (χ2n) is 3.86. The monoisotopic (exact) mass is 240 g/mol. The quantitative estimate of drug-likeness (QED) is 0.871. The highest BCUT2D eigenvalue weighted by Gasteiger charge is 2.15. The van der Waals surface area contributed by atoms with Gasteiger partial charge in [0, 0.05) is 24.7 Å². The summed E-state index contributed by atoms with van der Waals surface area (Å²) < 4.78 is 0. The van der Waals surface area contributed by atoms with E-state index in [-0.39, 0.29) is 11.9 Å². The predicted octanol–water partition coefficient (Wildman–Crippen LogP) is 1.69. The van der Waals surface area contributed by atoms with Crippen LogP contribution >= 0.6 is 11.6 Å². The van der Waals surface area contributed by atoms with Gasteiger partial charge in [-0.1, -0.05) is 29.8 Å². The van der Waals surface area contributed by atoms with E-state index in [0.717, 1.165) is 5.56 Å². The van der Waals surface area contributed by atoms with Crippen molar-refractivity contribution in [3.63, 3.8) is 0 Å². The van der Waals surface area contributed by atoms with Gasteiger partial charge in [-0.25, -0.2) is 0 Å². The molecule has 1 aromatic rings. The average molecular weight is 241 g/mol. The van der Waals surface area contributed by atoms with Crippen LogP contribution in [-0.2, 0) is 11.2 Å². The molecule has 2 N–H and O–H groups in total. The molecule has 0 bridgehead atoms. The lowest BCUT2D eigenvalue weighted by molar-refractivity contribution is -0.130. The van der Waals surface area contributed by atoms with Crippen LogP contribution in [0.3, 0.4) is 0 Å². The van der Waals surface area contributed by atoms with E-state index in [1.54, 1.807) is 18.0 Å². The van der Waals surface area contributed by atoms with Crippen LogP contribution in [0.2, 0.25) is 5.02 Å². The Morgan fingerprint density at radius 3 is 2.69 bits per heavy atom. The molecule has 1 unspecified atom stereocenters. The second-order valence-corrected chi connectivity index (χ2v) is 4.26. The van der Waals surface area contributed by atoms with Crippen LogP contribution in [0, 0.1) is 0 Å². The molecule has 1 atom stereocenters. The van der Waals surface area contributed by atoms with Crippen LogP contribution in [0.25, 0.3) is 0 Å². The fourth-order valence-corrected chi connectivity index (χ4v) is 1.54. The Hall–Kier alpha value is -1.06. The first-order valence-corrected chi connectivity index (χ1v) is 5.63. The molecule has 0 aliphatic carbocycles. The SMILES string of the molecule is CC(CN)N(C)C(=O)Cc1ccccc1Cl. The molecular formula is C12H17ClN2O. The van der Waals surface area contributed by atoms with Crippen molar-refractivity contribution in [3.8, 4) is 0 Å². The zero-order valence-electron chi connectivity index (χ0n) is 9.61. The number of halogens is 1. The van der Waals surface area contributed by atoms with Crippen molar-refractivity contribution < 1.29 is 4.79 Å². The molecule has 0 aliphatic rings. The van der Waals surface area contributed by atoms with E-state index in [9.17, 15) is 4.79 Å². The van der Waals surface area contributed by atoms with Crippen LogP contribution < -0.4 is 5.73 Å². The van der Waals surface area contributed by atoms with Crippen LogP contribution in [-0.4, -0.2) is 30.4 Å². The summed E-state index contributed by atoms with van der Waals surface area (Å²) in [7, 11) is 1.76. The summed E-state index contributed by atoms with van der Waals surface area (Å²) in [4.78, 5) is 13.5. The lowest BCUT2D eigenvalue weighted by Gasteiger charge is -2.23. The highest BCUT2D eigenvalue weighted by Crippen LogP contribution is 2.16. The van der Waals surface area contributed by atoms with Crippen LogP contribution in [0.1, 0.15) is 12.5 Å². The largest absolute Gasteiger partial charge is 0.341 e. The Morgan fingerprint density at radius 2 is 2.12 bits per heavy atom. The van der Waals surface area contributed by atoms with Gasteiger partial charge in [-0.3, -0.25) is 4.79 Å². The van der Waals surface area contributed by atoms with Gasteiger partial charge < -0.3 is 10.6 Å². The standard InChI is InChI=1S/C12H17ClN2O/c1-9(8-14)15(2)12(16)7-10-5-3-4-6-11(10)13/h3-6,9H,7-8,14H2,1-2H3. The van der Waals surface area contributed by atoms with Crippen molar-refractivity contribution in [1.82, 2.24) is 4.90 Å².